The highest BCUT2D eigenvalue weighted by atomic mass is 16.5. The molecule has 2 aromatic rings. The molecular formula is C24H34N2O2. The third kappa shape index (κ3) is 5.73. The summed E-state index contributed by atoms with van der Waals surface area (Å²) in [6.45, 7) is 11.8. The van der Waals surface area contributed by atoms with E-state index in [-0.39, 0.29) is 0 Å². The minimum Gasteiger partial charge on any atom is -0.490 e. The van der Waals surface area contributed by atoms with E-state index in [1.165, 1.54) is 36.1 Å². The van der Waals surface area contributed by atoms with Gasteiger partial charge in [0, 0.05) is 19.1 Å². The predicted molar refractivity (Wildman–Crippen MR) is 115 cm³/mol. The highest BCUT2D eigenvalue weighted by molar-refractivity contribution is 5.43. The van der Waals surface area contributed by atoms with Gasteiger partial charge in [0.2, 0.25) is 0 Å². The van der Waals surface area contributed by atoms with Gasteiger partial charge < -0.3 is 14.8 Å². The van der Waals surface area contributed by atoms with Crippen LogP contribution in [-0.4, -0.2) is 37.2 Å². The number of likely N-dealkylation sites (tertiary alicyclic amines) is 1. The maximum Gasteiger partial charge on any atom is 0.161 e. The average Bonchev–Trinajstić information content (AvgIpc) is 3.15. The van der Waals surface area contributed by atoms with Gasteiger partial charge in [0.05, 0.1) is 6.61 Å². The molecule has 1 aliphatic heterocycles. The lowest BCUT2D eigenvalue weighted by atomic mass is 10.1. The van der Waals surface area contributed by atoms with E-state index in [0.29, 0.717) is 19.3 Å². The predicted octanol–water partition coefficient (Wildman–Crippen LogP) is 4.55. The SMILES string of the molecule is CCOc1cc(CNC[C@@H]2CCCN2CC)ccc1OCc1cccc(C)c1. The molecule has 0 bridgehead atoms. The van der Waals surface area contributed by atoms with Crippen molar-refractivity contribution in [3.8, 4) is 11.5 Å². The summed E-state index contributed by atoms with van der Waals surface area (Å²) >= 11 is 0. The monoisotopic (exact) mass is 382 g/mol. The Morgan fingerprint density at radius 2 is 1.93 bits per heavy atom. The number of ether oxygens (including phenoxy) is 2. The van der Waals surface area contributed by atoms with E-state index in [4.69, 9.17) is 9.47 Å². The molecule has 28 heavy (non-hydrogen) atoms. The van der Waals surface area contributed by atoms with E-state index in [0.717, 1.165) is 31.1 Å². The molecule has 152 valence electrons. The lowest BCUT2D eigenvalue weighted by Gasteiger charge is -2.23. The van der Waals surface area contributed by atoms with Gasteiger partial charge in [0.15, 0.2) is 11.5 Å². The molecule has 1 atom stereocenters. The summed E-state index contributed by atoms with van der Waals surface area (Å²) in [5, 5.41) is 3.62. The molecule has 1 fully saturated rings. The molecule has 0 radical (unpaired) electrons. The molecule has 1 heterocycles. The van der Waals surface area contributed by atoms with Gasteiger partial charge in [-0.05, 0) is 63.0 Å². The van der Waals surface area contributed by atoms with Crippen molar-refractivity contribution in [2.45, 2.75) is 52.8 Å². The van der Waals surface area contributed by atoms with Crippen LogP contribution in [0.3, 0.4) is 0 Å². The van der Waals surface area contributed by atoms with Crippen LogP contribution in [0, 0.1) is 6.92 Å². The zero-order valence-corrected chi connectivity index (χ0v) is 17.5. The van der Waals surface area contributed by atoms with Crippen LogP contribution in [-0.2, 0) is 13.2 Å². The molecule has 0 aliphatic carbocycles. The standard InChI is InChI=1S/C24H34N2O2/c1-4-26-13-7-10-22(26)17-25-16-20-11-12-23(24(15-20)27-5-2)28-18-21-9-6-8-19(3)14-21/h6,8-9,11-12,14-15,22,25H,4-5,7,10,13,16-18H2,1-3H3/t22-/m0/s1. The van der Waals surface area contributed by atoms with Crippen LogP contribution in [0.4, 0.5) is 0 Å². The highest BCUT2D eigenvalue weighted by Crippen LogP contribution is 2.29. The first kappa shape index (κ1) is 20.7. The first-order chi connectivity index (χ1) is 13.7. The van der Waals surface area contributed by atoms with Gasteiger partial charge in [0.25, 0.3) is 0 Å². The van der Waals surface area contributed by atoms with Crippen molar-refractivity contribution in [2.75, 3.05) is 26.2 Å². The molecule has 0 saturated carbocycles. The van der Waals surface area contributed by atoms with Gasteiger partial charge in [-0.15, -0.1) is 0 Å². The van der Waals surface area contributed by atoms with Gasteiger partial charge in [-0.3, -0.25) is 4.90 Å². The maximum absolute atomic E-state index is 6.05. The molecule has 3 rings (SSSR count). The number of likely N-dealkylation sites (N-methyl/N-ethyl adjacent to an activating group) is 1. The number of benzene rings is 2. The minimum absolute atomic E-state index is 0.549. The fourth-order valence-corrected chi connectivity index (χ4v) is 3.94. The maximum atomic E-state index is 6.05. The van der Waals surface area contributed by atoms with Crippen LogP contribution in [0.25, 0.3) is 0 Å². The summed E-state index contributed by atoms with van der Waals surface area (Å²) in [6.07, 6.45) is 2.62. The number of hydrogen-bond acceptors (Lipinski definition) is 4. The van der Waals surface area contributed by atoms with Crippen molar-refractivity contribution < 1.29 is 9.47 Å². The van der Waals surface area contributed by atoms with Crippen molar-refractivity contribution in [3.63, 3.8) is 0 Å². The van der Waals surface area contributed by atoms with Gasteiger partial charge in [-0.2, -0.15) is 0 Å². The Morgan fingerprint density at radius 1 is 1.04 bits per heavy atom. The van der Waals surface area contributed by atoms with Gasteiger partial charge in [-0.1, -0.05) is 42.8 Å². The first-order valence-corrected chi connectivity index (χ1v) is 10.6. The summed E-state index contributed by atoms with van der Waals surface area (Å²) < 4.78 is 11.9. The number of aryl methyl sites for hydroxylation is 1. The number of rotatable bonds is 10. The molecule has 4 nitrogen and oxygen atoms in total. The molecule has 4 heteroatoms. The average molecular weight is 383 g/mol. The second-order valence-electron chi connectivity index (χ2n) is 7.55. The van der Waals surface area contributed by atoms with Crippen LogP contribution in [0.1, 0.15) is 43.4 Å². The molecule has 0 spiro atoms. The Balaban J connectivity index is 1.57. The molecular weight excluding hydrogens is 348 g/mol. The van der Waals surface area contributed by atoms with Crippen molar-refractivity contribution in [2.24, 2.45) is 0 Å². The second-order valence-corrected chi connectivity index (χ2v) is 7.55. The Morgan fingerprint density at radius 3 is 2.71 bits per heavy atom. The largest absolute Gasteiger partial charge is 0.490 e. The van der Waals surface area contributed by atoms with Crippen LogP contribution < -0.4 is 14.8 Å². The topological polar surface area (TPSA) is 33.7 Å². The second kappa shape index (κ2) is 10.5. The van der Waals surface area contributed by atoms with Crippen LogP contribution in [0.2, 0.25) is 0 Å². The Hall–Kier alpha value is -2.04. The van der Waals surface area contributed by atoms with Crippen molar-refractivity contribution in [1.82, 2.24) is 10.2 Å². The van der Waals surface area contributed by atoms with E-state index in [9.17, 15) is 0 Å². The van der Waals surface area contributed by atoms with Crippen molar-refractivity contribution in [3.05, 3.63) is 59.2 Å². The summed E-state index contributed by atoms with van der Waals surface area (Å²) in [7, 11) is 0. The Labute approximate surface area is 169 Å². The van der Waals surface area contributed by atoms with Crippen molar-refractivity contribution in [1.29, 1.82) is 0 Å². The van der Waals surface area contributed by atoms with Gasteiger partial charge in [-0.25, -0.2) is 0 Å². The number of hydrogen-bond donors (Lipinski definition) is 1. The highest BCUT2D eigenvalue weighted by Gasteiger charge is 2.22. The van der Waals surface area contributed by atoms with E-state index in [2.05, 4.69) is 60.5 Å². The van der Waals surface area contributed by atoms with Crippen LogP contribution >= 0.6 is 0 Å². The van der Waals surface area contributed by atoms with E-state index >= 15 is 0 Å². The van der Waals surface area contributed by atoms with Gasteiger partial charge in [0.1, 0.15) is 6.61 Å². The van der Waals surface area contributed by atoms with Crippen LogP contribution in [0.5, 0.6) is 11.5 Å². The summed E-state index contributed by atoms with van der Waals surface area (Å²) in [5.74, 6) is 1.63. The smallest absolute Gasteiger partial charge is 0.161 e. The number of nitrogens with zero attached hydrogens (tertiary/aromatic N) is 1. The lowest BCUT2D eigenvalue weighted by Crippen LogP contribution is -2.37. The van der Waals surface area contributed by atoms with Gasteiger partial charge >= 0.3 is 0 Å². The Bertz CT molecular complexity index is 747. The molecule has 0 unspecified atom stereocenters. The minimum atomic E-state index is 0.549. The molecule has 1 saturated heterocycles. The molecule has 1 aliphatic rings. The zero-order valence-electron chi connectivity index (χ0n) is 17.5. The fraction of sp³-hybridized carbons (Fsp3) is 0.500. The van der Waals surface area contributed by atoms with E-state index < -0.39 is 0 Å². The summed E-state index contributed by atoms with van der Waals surface area (Å²) in [6, 6.07) is 15.4. The third-order valence-corrected chi connectivity index (χ3v) is 5.40. The normalized spacial score (nSPS) is 17.0. The van der Waals surface area contributed by atoms with Crippen molar-refractivity contribution >= 4 is 0 Å². The quantitative estimate of drug-likeness (QED) is 0.654. The van der Waals surface area contributed by atoms with E-state index in [1.54, 1.807) is 0 Å². The third-order valence-electron chi connectivity index (χ3n) is 5.40. The van der Waals surface area contributed by atoms with Crippen LogP contribution in [0.15, 0.2) is 42.5 Å². The molecule has 1 N–H and O–H groups in total. The summed E-state index contributed by atoms with van der Waals surface area (Å²) in [5.41, 5.74) is 3.65. The molecule has 0 aromatic heterocycles. The van der Waals surface area contributed by atoms with E-state index in [1.807, 2.05) is 13.0 Å². The lowest BCUT2D eigenvalue weighted by molar-refractivity contribution is 0.259. The molecule has 0 amide bonds. The fourth-order valence-electron chi connectivity index (χ4n) is 3.94. The Kier molecular flexibility index (Phi) is 7.75. The molecule has 2 aromatic carbocycles. The zero-order chi connectivity index (χ0) is 19.8. The number of nitrogens with one attached hydrogen (secondary N) is 1. The first-order valence-electron chi connectivity index (χ1n) is 10.6. The summed E-state index contributed by atoms with van der Waals surface area (Å²) in [4.78, 5) is 2.57.